The van der Waals surface area contributed by atoms with Crippen molar-refractivity contribution in [2.75, 3.05) is 13.2 Å². The summed E-state index contributed by atoms with van der Waals surface area (Å²) in [5.41, 5.74) is -1.28. The van der Waals surface area contributed by atoms with Gasteiger partial charge in [-0.3, -0.25) is 0 Å². The van der Waals surface area contributed by atoms with E-state index in [0.717, 1.165) is 0 Å². The molecule has 0 heterocycles. The topological polar surface area (TPSA) is 32.3 Å². The van der Waals surface area contributed by atoms with Crippen LogP contribution in [0.1, 0.15) is 27.7 Å². The fraction of sp³-hybridized carbons (Fsp3) is 1.00. The third-order valence-electron chi connectivity index (χ3n) is 2.19. The van der Waals surface area contributed by atoms with Gasteiger partial charge in [-0.15, -0.1) is 0 Å². The lowest BCUT2D eigenvalue weighted by molar-refractivity contribution is -0.00478. The van der Waals surface area contributed by atoms with Crippen LogP contribution in [-0.4, -0.2) is 29.5 Å². The summed E-state index contributed by atoms with van der Waals surface area (Å²) in [5.74, 6) is 0. The molecule has 0 aromatic heterocycles. The van der Waals surface area contributed by atoms with Gasteiger partial charge < -0.3 is 10.4 Å². The van der Waals surface area contributed by atoms with Gasteiger partial charge in [-0.2, -0.15) is 0 Å². The number of nitrogens with one attached hydrogen (secondary N) is 1. The molecule has 2 nitrogen and oxygen atoms in total. The van der Waals surface area contributed by atoms with Crippen LogP contribution >= 0.6 is 0 Å². The summed E-state index contributed by atoms with van der Waals surface area (Å²) in [6.45, 7) is 7.00. The molecule has 0 aliphatic heterocycles. The molecule has 0 unspecified atom stereocenters. The molecule has 11 heavy (non-hydrogen) atoms. The Morgan fingerprint density at radius 1 is 1.27 bits per heavy atom. The Morgan fingerprint density at radius 3 is 2.00 bits per heavy atom. The van der Waals surface area contributed by atoms with E-state index in [4.69, 9.17) is 0 Å². The standard InChI is InChI=1S/C8H18FNO/c1-7(2,8(3,4)11)10-6-5-9/h10-11H,5-6H2,1-4H3. The molecule has 0 rings (SSSR count). The summed E-state index contributed by atoms with van der Waals surface area (Å²) in [6, 6.07) is 0. The van der Waals surface area contributed by atoms with Crippen molar-refractivity contribution in [2.45, 2.75) is 38.8 Å². The van der Waals surface area contributed by atoms with E-state index in [2.05, 4.69) is 5.32 Å². The van der Waals surface area contributed by atoms with Crippen LogP contribution in [0.5, 0.6) is 0 Å². The van der Waals surface area contributed by atoms with Gasteiger partial charge in [-0.1, -0.05) is 0 Å². The van der Waals surface area contributed by atoms with Crippen molar-refractivity contribution >= 4 is 0 Å². The van der Waals surface area contributed by atoms with Crippen molar-refractivity contribution in [3.8, 4) is 0 Å². The normalized spacial score (nSPS) is 13.6. The van der Waals surface area contributed by atoms with E-state index in [-0.39, 0.29) is 6.54 Å². The second-order valence-electron chi connectivity index (χ2n) is 3.80. The smallest absolute Gasteiger partial charge is 0.102 e. The fourth-order valence-corrected chi connectivity index (χ4v) is 0.576. The van der Waals surface area contributed by atoms with E-state index in [9.17, 15) is 9.50 Å². The van der Waals surface area contributed by atoms with Gasteiger partial charge in [0.15, 0.2) is 0 Å². The minimum absolute atomic E-state index is 0.289. The maximum Gasteiger partial charge on any atom is 0.102 e. The maximum atomic E-state index is 11.8. The summed E-state index contributed by atoms with van der Waals surface area (Å²) in [4.78, 5) is 0. The highest BCUT2D eigenvalue weighted by Gasteiger charge is 2.33. The monoisotopic (exact) mass is 163 g/mol. The summed E-state index contributed by atoms with van der Waals surface area (Å²) in [7, 11) is 0. The molecule has 0 saturated carbocycles. The Hall–Kier alpha value is -0.150. The Balaban J connectivity index is 4.00. The molecular formula is C8H18FNO. The quantitative estimate of drug-likeness (QED) is 0.650. The van der Waals surface area contributed by atoms with Crippen molar-refractivity contribution in [1.82, 2.24) is 5.32 Å². The molecular weight excluding hydrogens is 145 g/mol. The first-order valence-electron chi connectivity index (χ1n) is 3.84. The Morgan fingerprint density at radius 2 is 1.73 bits per heavy atom. The number of aliphatic hydroxyl groups is 1. The number of hydrogen-bond donors (Lipinski definition) is 2. The number of rotatable bonds is 4. The molecule has 0 aromatic rings. The Kier molecular flexibility index (Phi) is 3.45. The van der Waals surface area contributed by atoms with E-state index >= 15 is 0 Å². The summed E-state index contributed by atoms with van der Waals surface area (Å²) in [5, 5.41) is 12.5. The summed E-state index contributed by atoms with van der Waals surface area (Å²) < 4.78 is 11.8. The summed E-state index contributed by atoms with van der Waals surface area (Å²) >= 11 is 0. The van der Waals surface area contributed by atoms with Gasteiger partial charge in [-0.25, -0.2) is 4.39 Å². The van der Waals surface area contributed by atoms with E-state index in [1.165, 1.54) is 0 Å². The van der Waals surface area contributed by atoms with Gasteiger partial charge in [0.2, 0.25) is 0 Å². The molecule has 0 fully saturated rings. The lowest BCUT2D eigenvalue weighted by Crippen LogP contribution is -2.56. The highest BCUT2D eigenvalue weighted by Crippen LogP contribution is 2.19. The number of hydrogen-bond acceptors (Lipinski definition) is 2. The molecule has 0 saturated heterocycles. The molecule has 0 aromatic carbocycles. The van der Waals surface area contributed by atoms with Gasteiger partial charge in [-0.05, 0) is 27.7 Å². The van der Waals surface area contributed by atoms with E-state index in [1.54, 1.807) is 13.8 Å². The van der Waals surface area contributed by atoms with Gasteiger partial charge in [0, 0.05) is 12.1 Å². The minimum Gasteiger partial charge on any atom is -0.389 e. The van der Waals surface area contributed by atoms with Crippen LogP contribution in [-0.2, 0) is 0 Å². The van der Waals surface area contributed by atoms with Crippen molar-refractivity contribution in [2.24, 2.45) is 0 Å². The van der Waals surface area contributed by atoms with Crippen LogP contribution in [0.15, 0.2) is 0 Å². The van der Waals surface area contributed by atoms with Crippen LogP contribution in [0.3, 0.4) is 0 Å². The van der Waals surface area contributed by atoms with E-state index in [1.807, 2.05) is 13.8 Å². The predicted molar refractivity (Wildman–Crippen MR) is 44.4 cm³/mol. The minimum atomic E-state index is -0.831. The molecule has 0 radical (unpaired) electrons. The number of alkyl halides is 1. The third-order valence-corrected chi connectivity index (χ3v) is 2.19. The molecule has 0 aliphatic rings. The Labute approximate surface area is 67.8 Å². The van der Waals surface area contributed by atoms with E-state index in [0.29, 0.717) is 0 Å². The van der Waals surface area contributed by atoms with Crippen molar-refractivity contribution in [3.05, 3.63) is 0 Å². The lowest BCUT2D eigenvalue weighted by Gasteiger charge is -2.38. The molecule has 0 atom stereocenters. The second-order valence-corrected chi connectivity index (χ2v) is 3.80. The first-order chi connectivity index (χ1) is 4.81. The predicted octanol–water partition coefficient (Wildman–Crippen LogP) is 1.09. The molecule has 68 valence electrons. The van der Waals surface area contributed by atoms with Gasteiger partial charge in [0.1, 0.15) is 6.67 Å². The van der Waals surface area contributed by atoms with E-state index < -0.39 is 17.8 Å². The molecule has 0 bridgehead atoms. The number of halogens is 1. The first kappa shape index (κ1) is 10.8. The zero-order valence-corrected chi connectivity index (χ0v) is 7.74. The molecule has 0 aliphatic carbocycles. The zero-order valence-electron chi connectivity index (χ0n) is 7.74. The Bertz CT molecular complexity index is 118. The SMILES string of the molecule is CC(C)(O)C(C)(C)NCCF. The average Bonchev–Trinajstić information content (AvgIpc) is 1.81. The maximum absolute atomic E-state index is 11.8. The molecule has 2 N–H and O–H groups in total. The summed E-state index contributed by atoms with van der Waals surface area (Å²) in [6.07, 6.45) is 0. The van der Waals surface area contributed by atoms with Gasteiger partial charge >= 0.3 is 0 Å². The highest BCUT2D eigenvalue weighted by molar-refractivity contribution is 4.92. The average molecular weight is 163 g/mol. The van der Waals surface area contributed by atoms with Crippen LogP contribution in [0, 0.1) is 0 Å². The van der Waals surface area contributed by atoms with Crippen molar-refractivity contribution < 1.29 is 9.50 Å². The fourth-order valence-electron chi connectivity index (χ4n) is 0.576. The second kappa shape index (κ2) is 3.50. The molecule has 0 amide bonds. The van der Waals surface area contributed by atoms with Gasteiger partial charge in [0.05, 0.1) is 5.60 Å². The van der Waals surface area contributed by atoms with Crippen LogP contribution in [0.2, 0.25) is 0 Å². The zero-order chi connectivity index (χ0) is 9.12. The van der Waals surface area contributed by atoms with Crippen molar-refractivity contribution in [1.29, 1.82) is 0 Å². The first-order valence-corrected chi connectivity index (χ1v) is 3.84. The largest absolute Gasteiger partial charge is 0.389 e. The van der Waals surface area contributed by atoms with Crippen LogP contribution in [0.4, 0.5) is 4.39 Å². The lowest BCUT2D eigenvalue weighted by atomic mass is 9.86. The van der Waals surface area contributed by atoms with Crippen LogP contribution in [0.25, 0.3) is 0 Å². The third kappa shape index (κ3) is 3.16. The van der Waals surface area contributed by atoms with Crippen LogP contribution < -0.4 is 5.32 Å². The molecule has 0 spiro atoms. The highest BCUT2D eigenvalue weighted by atomic mass is 19.1. The van der Waals surface area contributed by atoms with Crippen molar-refractivity contribution in [3.63, 3.8) is 0 Å². The molecule has 3 heteroatoms. The van der Waals surface area contributed by atoms with Gasteiger partial charge in [0.25, 0.3) is 0 Å².